The second kappa shape index (κ2) is 12.9. The van der Waals surface area contributed by atoms with Gasteiger partial charge >= 0.3 is 6.01 Å². The molecule has 0 spiro atoms. The number of hydrogen-bond acceptors (Lipinski definition) is 8. The molecule has 4 aliphatic rings. The molecule has 0 radical (unpaired) electrons. The summed E-state index contributed by atoms with van der Waals surface area (Å²) in [6.45, 7) is 6.12. The Morgan fingerprint density at radius 3 is 2.72 bits per heavy atom. The zero-order chi connectivity index (χ0) is 32.6. The monoisotopic (exact) mass is 657 g/mol. The topological polar surface area (TPSA) is 88.8 Å². The van der Waals surface area contributed by atoms with Crippen molar-refractivity contribution in [2.75, 3.05) is 56.2 Å². The Morgan fingerprint density at radius 2 is 2.02 bits per heavy atom. The molecule has 2 unspecified atom stereocenters. The zero-order valence-corrected chi connectivity index (χ0v) is 26.8. The fraction of sp³-hybridized carbons (Fsp3) is 0.576. The second-order valence-corrected chi connectivity index (χ2v) is 13.2. The molecule has 1 saturated carbocycles. The Bertz CT molecular complexity index is 1540. The molecule has 9 nitrogen and oxygen atoms in total. The minimum Gasteiger partial charge on any atom is -0.463 e. The van der Waals surface area contributed by atoms with Crippen LogP contribution in [-0.4, -0.2) is 90.1 Å². The molecule has 1 aromatic carbocycles. The number of halogens is 4. The number of carbonyl (C=O) groups excluding carboxylic acids is 1. The summed E-state index contributed by atoms with van der Waals surface area (Å²) in [5, 5.41) is 9.54. The van der Waals surface area contributed by atoms with Crippen LogP contribution >= 0.6 is 11.6 Å². The van der Waals surface area contributed by atoms with Crippen LogP contribution in [0.3, 0.4) is 0 Å². The third-order valence-electron chi connectivity index (χ3n) is 10.3. The molecule has 13 heteroatoms. The number of carbonyl (C=O) groups is 1. The highest BCUT2D eigenvalue weighted by Crippen LogP contribution is 2.55. The molecule has 1 aromatic heterocycles. The number of ether oxygens (including phenoxy) is 1. The van der Waals surface area contributed by atoms with Crippen LogP contribution in [0.5, 0.6) is 6.01 Å². The van der Waals surface area contributed by atoms with Gasteiger partial charge < -0.3 is 24.3 Å². The fourth-order valence-electron chi connectivity index (χ4n) is 7.94. The van der Waals surface area contributed by atoms with E-state index in [0.717, 1.165) is 18.5 Å². The van der Waals surface area contributed by atoms with E-state index in [2.05, 4.69) is 12.6 Å². The molecule has 46 heavy (non-hydrogen) atoms. The lowest BCUT2D eigenvalue weighted by Gasteiger charge is -2.43. The first-order chi connectivity index (χ1) is 22.1. The standard InChI is InChI=1S/C33H39ClF3N7O2/c1-3-28(45)44-18-17-43(19-22(44)10-14-38)30-23-11-16-42(26-8-4-7-24(35)29(26)34)20-25(23)39-31(40-30)46-21-32(12-6-13-33(32,36)37)27-9-5-15-41(27)2/h3-4,7-8,22,27H,1,5-6,9-13,15-21H2,2H3/t22-,27?,32?/m0/s1. The first-order valence-electron chi connectivity index (χ1n) is 15.9. The van der Waals surface area contributed by atoms with Gasteiger partial charge in [0.15, 0.2) is 0 Å². The van der Waals surface area contributed by atoms with Gasteiger partial charge in [0, 0.05) is 44.2 Å². The number of amides is 1. The van der Waals surface area contributed by atoms with Gasteiger partial charge in [-0.2, -0.15) is 15.2 Å². The normalized spacial score (nSPS) is 26.1. The highest BCUT2D eigenvalue weighted by Gasteiger charge is 2.63. The van der Waals surface area contributed by atoms with Crippen LogP contribution in [0.1, 0.15) is 49.8 Å². The quantitative estimate of drug-likeness (QED) is 0.357. The van der Waals surface area contributed by atoms with Crippen LogP contribution in [0.25, 0.3) is 0 Å². The maximum Gasteiger partial charge on any atom is 0.318 e. The number of alkyl halides is 2. The SMILES string of the molecule is C=CC(=O)N1CCN(c2nc(OCC3(C4CCCN4C)CCCC3(F)F)nc3c2CCN(c2cccc(F)c2Cl)C3)C[C@@H]1CC#N. The Balaban J connectivity index is 1.35. The molecule has 3 aliphatic heterocycles. The van der Waals surface area contributed by atoms with Gasteiger partial charge in [-0.15, -0.1) is 0 Å². The summed E-state index contributed by atoms with van der Waals surface area (Å²) in [5.41, 5.74) is 0.687. The first-order valence-corrected chi connectivity index (χ1v) is 16.3. The predicted molar refractivity (Wildman–Crippen MR) is 169 cm³/mol. The summed E-state index contributed by atoms with van der Waals surface area (Å²) in [6, 6.07) is 6.15. The van der Waals surface area contributed by atoms with E-state index in [9.17, 15) is 14.4 Å². The number of anilines is 2. The molecule has 246 valence electrons. The van der Waals surface area contributed by atoms with Gasteiger partial charge in [-0.05, 0) is 63.9 Å². The van der Waals surface area contributed by atoms with Crippen molar-refractivity contribution < 1.29 is 22.7 Å². The van der Waals surface area contributed by atoms with Crippen molar-refractivity contribution in [3.05, 3.63) is 53.0 Å². The Kier molecular flexibility index (Phi) is 9.09. The summed E-state index contributed by atoms with van der Waals surface area (Å²) in [5.74, 6) is -3.05. The number of likely N-dealkylation sites (tertiary alicyclic amines) is 1. The van der Waals surface area contributed by atoms with Crippen LogP contribution in [0.2, 0.25) is 5.02 Å². The van der Waals surface area contributed by atoms with E-state index in [1.165, 1.54) is 12.1 Å². The Morgan fingerprint density at radius 1 is 1.20 bits per heavy atom. The average Bonchev–Trinajstić information content (AvgIpc) is 3.61. The number of rotatable bonds is 8. The second-order valence-electron chi connectivity index (χ2n) is 12.8. The van der Waals surface area contributed by atoms with Crippen molar-refractivity contribution in [3.8, 4) is 12.1 Å². The number of nitriles is 1. The largest absolute Gasteiger partial charge is 0.463 e. The van der Waals surface area contributed by atoms with E-state index in [1.54, 1.807) is 17.0 Å². The molecule has 3 atom stereocenters. The molecular formula is C33H39ClF3N7O2. The number of benzene rings is 1. The fourth-order valence-corrected chi connectivity index (χ4v) is 8.18. The van der Waals surface area contributed by atoms with E-state index in [4.69, 9.17) is 26.3 Å². The maximum absolute atomic E-state index is 15.7. The van der Waals surface area contributed by atoms with Crippen LogP contribution in [-0.2, 0) is 17.8 Å². The number of piperazine rings is 1. The van der Waals surface area contributed by atoms with Gasteiger partial charge in [0.2, 0.25) is 5.91 Å². The van der Waals surface area contributed by atoms with E-state index >= 15 is 8.78 Å². The van der Waals surface area contributed by atoms with Crippen LogP contribution in [0, 0.1) is 22.6 Å². The van der Waals surface area contributed by atoms with Crippen LogP contribution < -0.4 is 14.5 Å². The van der Waals surface area contributed by atoms with E-state index < -0.39 is 17.2 Å². The third kappa shape index (κ3) is 5.77. The van der Waals surface area contributed by atoms with Crippen molar-refractivity contribution in [3.63, 3.8) is 0 Å². The molecule has 1 amide bonds. The van der Waals surface area contributed by atoms with Crippen molar-refractivity contribution >= 4 is 29.0 Å². The highest BCUT2D eigenvalue weighted by atomic mass is 35.5. The van der Waals surface area contributed by atoms with Gasteiger partial charge in [0.25, 0.3) is 5.92 Å². The lowest BCUT2D eigenvalue weighted by molar-refractivity contribution is -0.145. The summed E-state index contributed by atoms with van der Waals surface area (Å²) in [4.78, 5) is 29.8. The molecule has 3 fully saturated rings. The van der Waals surface area contributed by atoms with Gasteiger partial charge in [-0.3, -0.25) is 4.79 Å². The Labute approximate surface area is 272 Å². The summed E-state index contributed by atoms with van der Waals surface area (Å²) >= 11 is 6.35. The highest BCUT2D eigenvalue weighted by molar-refractivity contribution is 6.33. The number of fused-ring (bicyclic) bond motifs is 1. The number of nitrogens with zero attached hydrogens (tertiary/aromatic N) is 7. The minimum absolute atomic E-state index is 0.00472. The smallest absolute Gasteiger partial charge is 0.318 e. The van der Waals surface area contributed by atoms with Gasteiger partial charge in [-0.1, -0.05) is 24.2 Å². The molecular weight excluding hydrogens is 619 g/mol. The van der Waals surface area contributed by atoms with Gasteiger partial charge in [0.1, 0.15) is 18.2 Å². The third-order valence-corrected chi connectivity index (χ3v) is 10.7. The molecule has 1 aliphatic carbocycles. The van der Waals surface area contributed by atoms with Crippen molar-refractivity contribution in [1.82, 2.24) is 19.8 Å². The van der Waals surface area contributed by atoms with Gasteiger partial charge in [-0.25, -0.2) is 13.2 Å². The van der Waals surface area contributed by atoms with Gasteiger partial charge in [0.05, 0.1) is 46.9 Å². The van der Waals surface area contributed by atoms with Crippen molar-refractivity contribution in [2.45, 2.75) is 69.5 Å². The molecule has 0 N–H and O–H groups in total. The molecule has 2 saturated heterocycles. The van der Waals surface area contributed by atoms with E-state index in [0.29, 0.717) is 69.1 Å². The van der Waals surface area contributed by atoms with Crippen molar-refractivity contribution in [2.24, 2.45) is 5.41 Å². The molecule has 2 aromatic rings. The number of hydrogen-bond donors (Lipinski definition) is 0. The minimum atomic E-state index is -2.89. The summed E-state index contributed by atoms with van der Waals surface area (Å²) in [6.07, 6.45) is 4.05. The van der Waals surface area contributed by atoms with E-state index in [-0.39, 0.29) is 55.0 Å². The zero-order valence-electron chi connectivity index (χ0n) is 26.0. The lowest BCUT2D eigenvalue weighted by Crippen LogP contribution is -2.55. The lowest BCUT2D eigenvalue weighted by atomic mass is 9.75. The predicted octanol–water partition coefficient (Wildman–Crippen LogP) is 5.23. The molecule has 4 heterocycles. The number of aromatic nitrogens is 2. The molecule has 0 bridgehead atoms. The average molecular weight is 658 g/mol. The summed E-state index contributed by atoms with van der Waals surface area (Å²) < 4.78 is 52.1. The van der Waals surface area contributed by atoms with Crippen LogP contribution in [0.4, 0.5) is 24.7 Å². The van der Waals surface area contributed by atoms with Crippen molar-refractivity contribution in [1.29, 1.82) is 5.26 Å². The van der Waals surface area contributed by atoms with Crippen LogP contribution in [0.15, 0.2) is 30.9 Å². The van der Waals surface area contributed by atoms with E-state index in [1.807, 2.05) is 21.7 Å². The molecule has 6 rings (SSSR count). The maximum atomic E-state index is 15.7. The Hall–Kier alpha value is -3.56. The summed E-state index contributed by atoms with van der Waals surface area (Å²) in [7, 11) is 1.90. The first kappa shape index (κ1) is 32.4.